The summed E-state index contributed by atoms with van der Waals surface area (Å²) in [7, 11) is 1.68. The molecule has 0 aromatic heterocycles. The van der Waals surface area contributed by atoms with Crippen molar-refractivity contribution in [1.29, 1.82) is 0 Å². The van der Waals surface area contributed by atoms with Gasteiger partial charge in [0, 0.05) is 31.1 Å². The number of thioether (sulfide) groups is 1. The number of nitrogens with zero attached hydrogens (tertiary/aromatic N) is 3. The minimum absolute atomic E-state index is 0.372. The molecule has 0 saturated heterocycles. The second-order valence-corrected chi connectivity index (χ2v) is 8.78. The van der Waals surface area contributed by atoms with Crippen molar-refractivity contribution in [2.45, 2.75) is 52.2 Å². The van der Waals surface area contributed by atoms with E-state index in [2.05, 4.69) is 16.6 Å². The molecule has 9 heteroatoms. The molecule has 0 aromatic rings. The molecule has 0 spiro atoms. The van der Waals surface area contributed by atoms with Crippen LogP contribution < -0.4 is 0 Å². The van der Waals surface area contributed by atoms with Crippen molar-refractivity contribution in [2.75, 3.05) is 26.0 Å². The number of carboxylic acid groups (broad SMARTS) is 1. The number of rotatable bonds is 11. The molecule has 31 heavy (non-hydrogen) atoms. The van der Waals surface area contributed by atoms with Crippen molar-refractivity contribution >= 4 is 34.6 Å². The number of allylic oxidation sites excluding steroid dienone is 4. The maximum Gasteiger partial charge on any atom is 0.410 e. The number of aliphatic imine (C=N–C) groups is 2. The quantitative estimate of drug-likeness (QED) is 0.218. The molecule has 1 aliphatic rings. The lowest BCUT2D eigenvalue weighted by atomic mass is 10.2. The van der Waals surface area contributed by atoms with Crippen LogP contribution in [0.2, 0.25) is 0 Å². The van der Waals surface area contributed by atoms with Crippen molar-refractivity contribution < 1.29 is 24.2 Å². The van der Waals surface area contributed by atoms with Crippen LogP contribution in [-0.2, 0) is 14.3 Å². The second kappa shape index (κ2) is 13.0. The zero-order valence-corrected chi connectivity index (χ0v) is 19.8. The smallest absolute Gasteiger partial charge is 0.410 e. The summed E-state index contributed by atoms with van der Waals surface area (Å²) in [4.78, 5) is 33.5. The highest BCUT2D eigenvalue weighted by atomic mass is 32.2. The Hall–Kier alpha value is -2.55. The molecule has 0 aliphatic carbocycles. The number of aliphatic carboxylic acids is 1. The number of carbonyl (C=O) groups is 2. The average Bonchev–Trinajstić information content (AvgIpc) is 3.17. The fourth-order valence-corrected chi connectivity index (χ4v) is 3.31. The number of hydrogen-bond acceptors (Lipinski definition) is 7. The minimum atomic E-state index is -0.950. The Morgan fingerprint density at radius 3 is 2.68 bits per heavy atom. The summed E-state index contributed by atoms with van der Waals surface area (Å²) < 4.78 is 10.8. The second-order valence-electron chi connectivity index (χ2n) is 7.77. The number of ether oxygens (including phenoxy) is 2. The van der Waals surface area contributed by atoms with E-state index in [0.29, 0.717) is 42.5 Å². The fraction of sp³-hybridized carbons (Fsp3) is 0.545. The predicted octanol–water partition coefficient (Wildman–Crippen LogP) is 4.29. The van der Waals surface area contributed by atoms with Crippen molar-refractivity contribution in [3.8, 4) is 0 Å². The highest BCUT2D eigenvalue weighted by molar-refractivity contribution is 8.16. The van der Waals surface area contributed by atoms with Gasteiger partial charge in [-0.2, -0.15) is 0 Å². The molecule has 1 atom stereocenters. The lowest BCUT2D eigenvalue weighted by Crippen LogP contribution is -2.35. The van der Waals surface area contributed by atoms with E-state index < -0.39 is 17.6 Å². The molecule has 0 fully saturated rings. The van der Waals surface area contributed by atoms with Gasteiger partial charge in [0.1, 0.15) is 10.6 Å². The predicted molar refractivity (Wildman–Crippen MR) is 126 cm³/mol. The summed E-state index contributed by atoms with van der Waals surface area (Å²) >= 11 is 1.36. The summed E-state index contributed by atoms with van der Waals surface area (Å²) in [5.41, 5.74) is 0.823. The van der Waals surface area contributed by atoms with Gasteiger partial charge in [-0.05, 0) is 39.7 Å². The van der Waals surface area contributed by atoms with Gasteiger partial charge >= 0.3 is 12.1 Å². The third kappa shape index (κ3) is 10.3. The van der Waals surface area contributed by atoms with Crippen LogP contribution in [0.5, 0.6) is 0 Å². The van der Waals surface area contributed by atoms with Crippen LogP contribution in [0, 0.1) is 0 Å². The van der Waals surface area contributed by atoms with Crippen molar-refractivity contribution in [1.82, 2.24) is 4.90 Å². The van der Waals surface area contributed by atoms with Crippen LogP contribution in [0.15, 0.2) is 46.8 Å². The SMILES string of the molecule is C=C/C=C(CC)/N=C(/C=C\OCCCN(C)C(=O)OC(C)(C)C)C1=N[C@@H](C(=O)O)CS1. The zero-order chi connectivity index (χ0) is 23.4. The van der Waals surface area contributed by atoms with E-state index in [1.165, 1.54) is 22.9 Å². The Balaban J connectivity index is 2.68. The van der Waals surface area contributed by atoms with Gasteiger partial charge in [-0.15, -0.1) is 11.8 Å². The largest absolute Gasteiger partial charge is 0.501 e. The van der Waals surface area contributed by atoms with Crippen LogP contribution in [0.1, 0.15) is 40.5 Å². The molecule has 0 saturated carbocycles. The highest BCUT2D eigenvalue weighted by Gasteiger charge is 2.26. The first-order chi connectivity index (χ1) is 14.6. The zero-order valence-electron chi connectivity index (χ0n) is 19.0. The molecule has 0 bridgehead atoms. The normalized spacial score (nSPS) is 17.5. The Bertz CT molecular complexity index is 766. The van der Waals surface area contributed by atoms with Crippen LogP contribution in [0.4, 0.5) is 4.79 Å². The summed E-state index contributed by atoms with van der Waals surface area (Å²) in [5.74, 6) is -0.573. The lowest BCUT2D eigenvalue weighted by molar-refractivity contribution is -0.137. The van der Waals surface area contributed by atoms with Gasteiger partial charge in [-0.1, -0.05) is 19.6 Å². The van der Waals surface area contributed by atoms with Crippen molar-refractivity contribution in [2.24, 2.45) is 9.98 Å². The summed E-state index contributed by atoms with van der Waals surface area (Å²) in [5, 5.41) is 9.75. The summed E-state index contributed by atoms with van der Waals surface area (Å²) in [6.07, 6.45) is 7.61. The van der Waals surface area contributed by atoms with Gasteiger partial charge in [0.05, 0.1) is 18.6 Å². The number of carboxylic acids is 1. The van der Waals surface area contributed by atoms with Gasteiger partial charge in [-0.3, -0.25) is 9.98 Å². The van der Waals surface area contributed by atoms with Crippen LogP contribution >= 0.6 is 11.8 Å². The summed E-state index contributed by atoms with van der Waals surface area (Å²) in [6, 6.07) is -0.767. The molecular weight excluding hydrogens is 418 g/mol. The third-order valence-corrected chi connectivity index (χ3v) is 4.95. The van der Waals surface area contributed by atoms with Crippen LogP contribution in [0.25, 0.3) is 0 Å². The van der Waals surface area contributed by atoms with Gasteiger partial charge in [0.2, 0.25) is 0 Å². The average molecular weight is 452 g/mol. The molecule has 1 N–H and O–H groups in total. The minimum Gasteiger partial charge on any atom is -0.501 e. The van der Waals surface area contributed by atoms with Gasteiger partial charge in [-0.25, -0.2) is 9.59 Å². The van der Waals surface area contributed by atoms with E-state index >= 15 is 0 Å². The van der Waals surface area contributed by atoms with E-state index in [-0.39, 0.29) is 6.09 Å². The fourth-order valence-electron chi connectivity index (χ4n) is 2.32. The molecule has 1 rings (SSSR count). The van der Waals surface area contributed by atoms with Crippen molar-refractivity contribution in [3.63, 3.8) is 0 Å². The molecule has 1 aliphatic heterocycles. The van der Waals surface area contributed by atoms with E-state index in [0.717, 1.165) is 5.70 Å². The number of hydrogen-bond donors (Lipinski definition) is 1. The van der Waals surface area contributed by atoms with E-state index in [9.17, 15) is 14.7 Å². The molecular formula is C22H33N3O5S. The van der Waals surface area contributed by atoms with E-state index in [1.54, 1.807) is 25.3 Å². The Morgan fingerprint density at radius 2 is 2.13 bits per heavy atom. The topological polar surface area (TPSA) is 101 Å². The lowest BCUT2D eigenvalue weighted by Gasteiger charge is -2.24. The monoisotopic (exact) mass is 451 g/mol. The summed E-state index contributed by atoms with van der Waals surface area (Å²) in [6.45, 7) is 12.0. The Morgan fingerprint density at radius 1 is 1.42 bits per heavy atom. The number of amides is 1. The van der Waals surface area contributed by atoms with Crippen LogP contribution in [0.3, 0.4) is 0 Å². The first-order valence-corrected chi connectivity index (χ1v) is 11.1. The third-order valence-electron chi connectivity index (χ3n) is 3.87. The first-order valence-electron chi connectivity index (χ1n) is 10.1. The van der Waals surface area contributed by atoms with Gasteiger partial charge in [0.25, 0.3) is 0 Å². The molecule has 8 nitrogen and oxygen atoms in total. The molecule has 0 radical (unpaired) electrons. The molecule has 0 aromatic carbocycles. The first kappa shape index (κ1) is 26.5. The molecule has 1 amide bonds. The van der Waals surface area contributed by atoms with Gasteiger partial charge < -0.3 is 19.5 Å². The van der Waals surface area contributed by atoms with E-state index in [4.69, 9.17) is 9.47 Å². The number of carbonyl (C=O) groups excluding carboxylic acids is 1. The highest BCUT2D eigenvalue weighted by Crippen LogP contribution is 2.21. The standard InChI is InChI=1S/C22H33N3O5S/c1-7-10-16(8-2)23-17(19-24-18(15-31-19)20(26)27)11-14-29-13-9-12-25(6)21(28)30-22(3,4)5/h7,10-11,14,18H,1,8-9,12-13,15H2,2-6H3,(H,26,27)/b14-11-,16-10+,23-17-/t18-/m1/s1. The molecule has 0 unspecified atom stereocenters. The Kier molecular flexibility index (Phi) is 11.1. The maximum atomic E-state index is 11.9. The van der Waals surface area contributed by atoms with Crippen molar-refractivity contribution in [3.05, 3.63) is 36.8 Å². The maximum absolute atomic E-state index is 11.9. The van der Waals surface area contributed by atoms with Gasteiger partial charge in [0.15, 0.2) is 6.04 Å². The van der Waals surface area contributed by atoms with Crippen LogP contribution in [-0.4, -0.2) is 70.4 Å². The van der Waals surface area contributed by atoms with E-state index in [1.807, 2.05) is 27.7 Å². The molecule has 172 valence electrons. The molecule has 1 heterocycles. The Labute approximate surface area is 188 Å².